The smallest absolute Gasteiger partial charge is 0.254 e. The van der Waals surface area contributed by atoms with Crippen molar-refractivity contribution in [2.45, 2.75) is 70.5 Å². The van der Waals surface area contributed by atoms with Gasteiger partial charge in [0.1, 0.15) is 16.9 Å². The molecule has 1 saturated heterocycles. The van der Waals surface area contributed by atoms with Crippen LogP contribution in [0.15, 0.2) is 30.3 Å². The van der Waals surface area contributed by atoms with Crippen LogP contribution in [0.1, 0.15) is 74.0 Å². The van der Waals surface area contributed by atoms with E-state index in [2.05, 4.69) is 26.6 Å². The highest BCUT2D eigenvalue weighted by Crippen LogP contribution is 2.43. The molecular weight excluding hydrogens is 542 g/mol. The summed E-state index contributed by atoms with van der Waals surface area (Å²) in [6.45, 7) is 4.10. The summed E-state index contributed by atoms with van der Waals surface area (Å²) in [4.78, 5) is 38.4. The number of nitrogens with zero attached hydrogens (tertiary/aromatic N) is 5. The number of carbonyl (C=O) groups excluding carboxylic acids is 2. The number of nitrogens with one attached hydrogen (secondary N) is 1. The third kappa shape index (κ3) is 5.05. The van der Waals surface area contributed by atoms with Gasteiger partial charge in [-0.15, -0.1) is 0 Å². The van der Waals surface area contributed by atoms with E-state index in [9.17, 15) is 9.59 Å². The van der Waals surface area contributed by atoms with Gasteiger partial charge in [-0.1, -0.05) is 12.8 Å². The second kappa shape index (κ2) is 11.0. The number of fused-ring (bicyclic) bond motifs is 3. The highest BCUT2D eigenvalue weighted by Gasteiger charge is 2.42. The van der Waals surface area contributed by atoms with Crippen LogP contribution in [0.3, 0.4) is 0 Å². The molecule has 2 bridgehead atoms. The second-order valence-corrected chi connectivity index (χ2v) is 12.7. The van der Waals surface area contributed by atoms with Crippen molar-refractivity contribution < 1.29 is 14.3 Å². The lowest BCUT2D eigenvalue weighted by molar-refractivity contribution is -0.123. The highest BCUT2D eigenvalue weighted by atomic mass is 16.5. The van der Waals surface area contributed by atoms with Gasteiger partial charge in [-0.05, 0) is 75.3 Å². The van der Waals surface area contributed by atoms with Gasteiger partial charge in [0.05, 0.1) is 30.1 Å². The van der Waals surface area contributed by atoms with Gasteiger partial charge in [-0.2, -0.15) is 0 Å². The third-order valence-electron chi connectivity index (χ3n) is 9.66. The summed E-state index contributed by atoms with van der Waals surface area (Å²) in [5.41, 5.74) is 11.0. The van der Waals surface area contributed by atoms with E-state index in [0.717, 1.165) is 85.3 Å². The minimum absolute atomic E-state index is 0.00791. The summed E-state index contributed by atoms with van der Waals surface area (Å²) < 4.78 is 10.1. The van der Waals surface area contributed by atoms with Crippen LogP contribution < -0.4 is 15.8 Å². The molecule has 4 atom stereocenters. The summed E-state index contributed by atoms with van der Waals surface area (Å²) in [7, 11) is 3.63. The average molecular weight is 584 g/mol. The van der Waals surface area contributed by atoms with Crippen molar-refractivity contribution in [3.63, 3.8) is 0 Å². The monoisotopic (exact) mass is 583 g/mol. The number of piperidine rings is 1. The fraction of sp³-hybridized carbons (Fsp3) is 0.515. The number of hydrogen-bond acceptors (Lipinski definition) is 6. The summed E-state index contributed by atoms with van der Waals surface area (Å²) in [5, 5.41) is 4.24. The van der Waals surface area contributed by atoms with Crippen LogP contribution in [0, 0.1) is 11.8 Å². The number of likely N-dealkylation sites (tertiary alicyclic amines) is 1. The van der Waals surface area contributed by atoms with Crippen molar-refractivity contribution in [2.24, 2.45) is 24.6 Å². The number of rotatable bonds is 3. The second-order valence-electron chi connectivity index (χ2n) is 12.7. The summed E-state index contributed by atoms with van der Waals surface area (Å²) in [6.07, 6.45) is 7.21. The largest absolute Gasteiger partial charge is 0.494 e. The van der Waals surface area contributed by atoms with Crippen molar-refractivity contribution in [3.8, 4) is 17.3 Å². The zero-order chi connectivity index (χ0) is 29.8. The highest BCUT2D eigenvalue weighted by molar-refractivity contribution is 6.00. The predicted molar refractivity (Wildman–Crippen MR) is 166 cm³/mol. The number of aryl methyl sites for hydroxylation is 2. The first-order chi connectivity index (χ1) is 20.8. The fourth-order valence-electron chi connectivity index (χ4n) is 7.13. The van der Waals surface area contributed by atoms with Crippen molar-refractivity contribution in [2.75, 3.05) is 20.2 Å². The van der Waals surface area contributed by atoms with E-state index in [1.165, 1.54) is 0 Å². The van der Waals surface area contributed by atoms with Crippen molar-refractivity contribution in [1.29, 1.82) is 0 Å². The Hall–Kier alpha value is -3.92. The Kier molecular flexibility index (Phi) is 7.12. The molecule has 0 spiro atoms. The van der Waals surface area contributed by atoms with Gasteiger partial charge in [-0.3, -0.25) is 9.59 Å². The Balaban J connectivity index is 1.30. The number of benzene rings is 1. The normalized spacial score (nSPS) is 24.6. The Morgan fingerprint density at radius 3 is 2.74 bits per heavy atom. The van der Waals surface area contributed by atoms with E-state index in [1.54, 1.807) is 7.11 Å². The number of nitrogens with two attached hydrogens (primary N) is 1. The molecule has 1 saturated carbocycles. The van der Waals surface area contributed by atoms with Gasteiger partial charge in [0, 0.05) is 49.6 Å². The molecule has 3 aliphatic rings. The quantitative estimate of drug-likeness (QED) is 0.365. The van der Waals surface area contributed by atoms with Crippen LogP contribution in [0.25, 0.3) is 33.6 Å². The number of aromatic nitrogens is 4. The van der Waals surface area contributed by atoms with Gasteiger partial charge in [0.15, 0.2) is 5.82 Å². The van der Waals surface area contributed by atoms with Crippen LogP contribution in [0.4, 0.5) is 0 Å². The minimum atomic E-state index is -0.168. The van der Waals surface area contributed by atoms with Gasteiger partial charge in [-0.25, -0.2) is 9.97 Å². The van der Waals surface area contributed by atoms with Crippen molar-refractivity contribution in [1.82, 2.24) is 29.3 Å². The molecule has 3 N–H and O–H groups in total. The first kappa shape index (κ1) is 27.9. The molecule has 1 aliphatic carbocycles. The van der Waals surface area contributed by atoms with Gasteiger partial charge < -0.3 is 29.8 Å². The molecule has 10 nitrogen and oxygen atoms in total. The zero-order valence-electron chi connectivity index (χ0n) is 25.3. The van der Waals surface area contributed by atoms with Crippen LogP contribution in [-0.4, -0.2) is 62.1 Å². The third-order valence-corrected chi connectivity index (χ3v) is 9.66. The van der Waals surface area contributed by atoms with E-state index in [-0.39, 0.29) is 29.8 Å². The molecule has 2 aliphatic heterocycles. The zero-order valence-corrected chi connectivity index (χ0v) is 25.3. The van der Waals surface area contributed by atoms with Crippen LogP contribution in [0.2, 0.25) is 0 Å². The Morgan fingerprint density at radius 1 is 1.07 bits per heavy atom. The lowest BCUT2D eigenvalue weighted by Crippen LogP contribution is -2.45. The Morgan fingerprint density at radius 2 is 1.93 bits per heavy atom. The predicted octanol–water partition coefficient (Wildman–Crippen LogP) is 4.55. The standard InChI is InChI=1S/C33H41N7O3/c1-19-25-11-10-21-16-27(40(30(21)36-25)13-6-4-5-8-20-14-24(20)32(41)35-19)31-37-26-15-22(17-28(43-3)29(26)38(31)2)33(42)39-12-7-9-23(34)18-39/h10-11,15-17,19-20,23-24H,4-9,12-14,18,34H2,1-3H3,(H,35,41)/t19-,20+,23-,24+/m1/s1. The maximum atomic E-state index is 13.5. The molecule has 5 heterocycles. The number of imidazole rings is 1. The number of methoxy groups -OCH3 is 1. The Bertz CT molecular complexity index is 1720. The van der Waals surface area contributed by atoms with Crippen LogP contribution >= 0.6 is 0 Å². The van der Waals surface area contributed by atoms with Gasteiger partial charge in [0.2, 0.25) is 5.91 Å². The number of amides is 2. The maximum absolute atomic E-state index is 13.5. The van der Waals surface area contributed by atoms with Crippen molar-refractivity contribution in [3.05, 3.63) is 41.6 Å². The first-order valence-electron chi connectivity index (χ1n) is 15.7. The molecule has 43 heavy (non-hydrogen) atoms. The van der Waals surface area contributed by atoms with E-state index >= 15 is 0 Å². The molecule has 0 radical (unpaired) electrons. The molecule has 10 heteroatoms. The average Bonchev–Trinajstić information content (AvgIpc) is 3.59. The lowest BCUT2D eigenvalue weighted by atomic mass is 10.0. The summed E-state index contributed by atoms with van der Waals surface area (Å²) >= 11 is 0. The van der Waals surface area contributed by atoms with E-state index in [0.29, 0.717) is 35.8 Å². The molecule has 2 fully saturated rings. The maximum Gasteiger partial charge on any atom is 0.254 e. The molecule has 2 amide bonds. The molecule has 226 valence electrons. The number of ether oxygens (including phenoxy) is 1. The van der Waals surface area contributed by atoms with E-state index in [1.807, 2.05) is 37.1 Å². The first-order valence-corrected chi connectivity index (χ1v) is 15.7. The molecule has 4 aromatic rings. The van der Waals surface area contributed by atoms with E-state index in [4.69, 9.17) is 20.4 Å². The molecule has 1 aromatic carbocycles. The SMILES string of the molecule is COc1cc(C(=O)N2CCC[C@@H](N)C2)cc2nc(-c3cc4ccc5nc4n3CCCCC[C@H]3C[C@@H]3C(=O)N[C@@H]5C)n(C)c12. The Labute approximate surface area is 251 Å². The van der Waals surface area contributed by atoms with Gasteiger partial charge in [0.25, 0.3) is 5.91 Å². The lowest BCUT2D eigenvalue weighted by Gasteiger charge is -2.30. The summed E-state index contributed by atoms with van der Waals surface area (Å²) in [6, 6.07) is 9.80. The minimum Gasteiger partial charge on any atom is -0.494 e. The molecule has 7 rings (SSSR count). The molecular formula is C33H41N7O3. The van der Waals surface area contributed by atoms with Crippen molar-refractivity contribution >= 4 is 33.9 Å². The number of hydrogen-bond donors (Lipinski definition) is 2. The van der Waals surface area contributed by atoms with Crippen LogP contribution in [0.5, 0.6) is 5.75 Å². The molecule has 3 aromatic heterocycles. The number of carbonyl (C=O) groups is 2. The topological polar surface area (TPSA) is 120 Å². The van der Waals surface area contributed by atoms with E-state index < -0.39 is 0 Å². The van der Waals surface area contributed by atoms with Gasteiger partial charge >= 0.3 is 0 Å². The fourth-order valence-corrected chi connectivity index (χ4v) is 7.13. The number of pyridine rings is 1. The molecule has 0 unspecified atom stereocenters. The van der Waals surface area contributed by atoms with Crippen LogP contribution in [-0.2, 0) is 18.4 Å². The summed E-state index contributed by atoms with van der Waals surface area (Å²) in [5.74, 6) is 2.20.